The maximum absolute atomic E-state index is 9.83. The van der Waals surface area contributed by atoms with Crippen LogP contribution in [-0.4, -0.2) is 16.6 Å². The molecular formula is C15H16N2O2. The predicted octanol–water partition coefficient (Wildman–Crippen LogP) is 2.46. The lowest BCUT2D eigenvalue weighted by atomic mass is 10.1. The van der Waals surface area contributed by atoms with E-state index >= 15 is 0 Å². The first-order valence-electron chi connectivity index (χ1n) is 6.33. The summed E-state index contributed by atoms with van der Waals surface area (Å²) in [6.07, 6.45) is 1.54. The summed E-state index contributed by atoms with van der Waals surface area (Å²) in [5.74, 6) is 0.252. The first-order chi connectivity index (χ1) is 9.24. The van der Waals surface area contributed by atoms with Crippen molar-refractivity contribution in [1.82, 2.24) is 10.3 Å². The molecule has 1 fully saturated rings. The van der Waals surface area contributed by atoms with Crippen LogP contribution in [0.25, 0.3) is 0 Å². The lowest BCUT2D eigenvalue weighted by Gasteiger charge is -2.14. The van der Waals surface area contributed by atoms with Crippen molar-refractivity contribution in [2.45, 2.75) is 19.3 Å². The summed E-state index contributed by atoms with van der Waals surface area (Å²) in [5, 5.41) is 13.1. The van der Waals surface area contributed by atoms with E-state index in [2.05, 4.69) is 10.3 Å². The summed E-state index contributed by atoms with van der Waals surface area (Å²) < 4.78 is 5.94. The summed E-state index contributed by atoms with van der Waals surface area (Å²) in [7, 11) is 0. The van der Waals surface area contributed by atoms with Crippen molar-refractivity contribution in [2.75, 3.05) is 6.54 Å². The van der Waals surface area contributed by atoms with E-state index in [1.54, 1.807) is 12.1 Å². The van der Waals surface area contributed by atoms with Crippen LogP contribution in [0.4, 0.5) is 0 Å². The third-order valence-electron chi connectivity index (χ3n) is 3.31. The normalized spacial score (nSPS) is 22.6. The van der Waals surface area contributed by atoms with Crippen LogP contribution < -0.4 is 5.32 Å². The van der Waals surface area contributed by atoms with Gasteiger partial charge in [0.2, 0.25) is 0 Å². The zero-order valence-electron chi connectivity index (χ0n) is 10.7. The molecule has 0 aliphatic carbocycles. The molecule has 2 aromatic rings. The van der Waals surface area contributed by atoms with E-state index in [-0.39, 0.29) is 18.1 Å². The van der Waals surface area contributed by atoms with E-state index in [4.69, 9.17) is 4.74 Å². The maximum atomic E-state index is 9.83. The fourth-order valence-electron chi connectivity index (χ4n) is 2.23. The summed E-state index contributed by atoms with van der Waals surface area (Å²) in [6, 6.07) is 11.2. The van der Waals surface area contributed by atoms with Gasteiger partial charge in [-0.2, -0.15) is 0 Å². The molecule has 1 aliphatic heterocycles. The predicted molar refractivity (Wildman–Crippen MR) is 71.7 cm³/mol. The minimum Gasteiger partial charge on any atom is -0.508 e. The highest BCUT2D eigenvalue weighted by Gasteiger charge is 2.28. The number of phenols is 1. The summed E-state index contributed by atoms with van der Waals surface area (Å²) in [4.78, 5) is 4.28. The molecule has 0 amide bonds. The number of para-hydroxylation sites is 1. The number of nitrogens with one attached hydrogen (secondary N) is 1. The molecule has 0 spiro atoms. The van der Waals surface area contributed by atoms with E-state index in [9.17, 15) is 5.11 Å². The second-order valence-corrected chi connectivity index (χ2v) is 4.70. The number of aryl methyl sites for hydroxylation is 1. The first kappa shape index (κ1) is 12.1. The molecule has 2 heterocycles. The molecule has 2 N–H and O–H groups in total. The minimum absolute atomic E-state index is 0.0299. The smallest absolute Gasteiger partial charge is 0.138 e. The van der Waals surface area contributed by atoms with Crippen molar-refractivity contribution in [3.8, 4) is 5.75 Å². The molecule has 0 radical (unpaired) electrons. The van der Waals surface area contributed by atoms with Crippen LogP contribution in [0.1, 0.15) is 29.2 Å². The molecule has 4 heteroatoms. The van der Waals surface area contributed by atoms with Crippen LogP contribution in [0.15, 0.2) is 42.6 Å². The van der Waals surface area contributed by atoms with Crippen molar-refractivity contribution < 1.29 is 9.84 Å². The van der Waals surface area contributed by atoms with Crippen LogP contribution in [0, 0.1) is 6.92 Å². The molecule has 19 heavy (non-hydrogen) atoms. The third kappa shape index (κ3) is 2.45. The Morgan fingerprint density at radius 1 is 1.26 bits per heavy atom. The number of nitrogens with zero attached hydrogens (tertiary/aromatic N) is 1. The number of aromatic hydroxyl groups is 1. The number of benzene rings is 1. The fourth-order valence-corrected chi connectivity index (χ4v) is 2.23. The van der Waals surface area contributed by atoms with Gasteiger partial charge in [-0.15, -0.1) is 0 Å². The highest BCUT2D eigenvalue weighted by atomic mass is 16.5. The molecule has 4 nitrogen and oxygen atoms in total. The van der Waals surface area contributed by atoms with Crippen LogP contribution in [0.5, 0.6) is 5.75 Å². The van der Waals surface area contributed by atoms with Gasteiger partial charge in [0.05, 0.1) is 6.10 Å². The van der Waals surface area contributed by atoms with Gasteiger partial charge in [-0.3, -0.25) is 10.3 Å². The topological polar surface area (TPSA) is 54.4 Å². The molecule has 2 unspecified atom stereocenters. The number of ether oxygens (including phenoxy) is 1. The van der Waals surface area contributed by atoms with Gasteiger partial charge in [0.25, 0.3) is 0 Å². The van der Waals surface area contributed by atoms with Gasteiger partial charge >= 0.3 is 0 Å². The minimum atomic E-state index is -0.271. The number of hydrogen-bond donors (Lipinski definition) is 2. The van der Waals surface area contributed by atoms with Crippen LogP contribution in [0.2, 0.25) is 0 Å². The number of aromatic nitrogens is 1. The number of rotatable bonds is 2. The van der Waals surface area contributed by atoms with Gasteiger partial charge in [0, 0.05) is 29.6 Å². The number of pyridine rings is 1. The lowest BCUT2D eigenvalue weighted by Crippen LogP contribution is -2.14. The van der Waals surface area contributed by atoms with Crippen LogP contribution >= 0.6 is 0 Å². The van der Waals surface area contributed by atoms with Gasteiger partial charge in [-0.05, 0) is 19.1 Å². The lowest BCUT2D eigenvalue weighted by molar-refractivity contribution is 0.0390. The second kappa shape index (κ2) is 4.99. The maximum Gasteiger partial charge on any atom is 0.138 e. The van der Waals surface area contributed by atoms with Gasteiger partial charge in [-0.25, -0.2) is 0 Å². The largest absolute Gasteiger partial charge is 0.508 e. The molecule has 1 aliphatic rings. The van der Waals surface area contributed by atoms with E-state index in [0.29, 0.717) is 6.54 Å². The second-order valence-electron chi connectivity index (χ2n) is 4.70. The van der Waals surface area contributed by atoms with Crippen LogP contribution in [0.3, 0.4) is 0 Å². The molecule has 1 saturated heterocycles. The van der Waals surface area contributed by atoms with Crippen molar-refractivity contribution in [1.29, 1.82) is 0 Å². The number of hydrogen-bond acceptors (Lipinski definition) is 4. The quantitative estimate of drug-likeness (QED) is 0.866. The fraction of sp³-hybridized carbons (Fsp3) is 0.267. The highest BCUT2D eigenvalue weighted by Crippen LogP contribution is 2.33. The molecule has 0 saturated carbocycles. The standard InChI is InChI=1S/C15H16N2O2/c1-10-6-7-11(8-16-10)14-9-17-15(19-14)12-4-2-3-5-13(12)18/h2-8,14-15,17-18H,9H2,1H3. The zero-order chi connectivity index (χ0) is 13.2. The average Bonchev–Trinajstić information content (AvgIpc) is 2.89. The van der Waals surface area contributed by atoms with Crippen LogP contribution in [-0.2, 0) is 4.74 Å². The van der Waals surface area contributed by atoms with Crippen molar-refractivity contribution in [2.24, 2.45) is 0 Å². The van der Waals surface area contributed by atoms with E-state index < -0.39 is 0 Å². The van der Waals surface area contributed by atoms with E-state index in [0.717, 1.165) is 16.8 Å². The van der Waals surface area contributed by atoms with Crippen molar-refractivity contribution >= 4 is 0 Å². The Kier molecular flexibility index (Phi) is 3.19. The SMILES string of the molecule is Cc1ccc(C2CNC(c3ccccc3O)O2)cn1. The first-order valence-corrected chi connectivity index (χ1v) is 6.33. The molecule has 98 valence electrons. The Bertz CT molecular complexity index is 569. The molecule has 2 atom stereocenters. The van der Waals surface area contributed by atoms with Gasteiger partial charge in [0.15, 0.2) is 0 Å². The van der Waals surface area contributed by atoms with E-state index in [1.165, 1.54) is 0 Å². The highest BCUT2D eigenvalue weighted by molar-refractivity contribution is 5.34. The third-order valence-corrected chi connectivity index (χ3v) is 3.31. The Balaban J connectivity index is 1.77. The van der Waals surface area contributed by atoms with Crippen molar-refractivity contribution in [3.63, 3.8) is 0 Å². The van der Waals surface area contributed by atoms with Crippen molar-refractivity contribution in [3.05, 3.63) is 59.4 Å². The Morgan fingerprint density at radius 2 is 2.11 bits per heavy atom. The molecular weight excluding hydrogens is 240 g/mol. The molecule has 3 rings (SSSR count). The summed E-state index contributed by atoms with van der Waals surface area (Å²) in [5.41, 5.74) is 2.81. The van der Waals surface area contributed by atoms with Gasteiger partial charge < -0.3 is 9.84 Å². The van der Waals surface area contributed by atoms with Gasteiger partial charge in [-0.1, -0.05) is 24.3 Å². The van der Waals surface area contributed by atoms with E-state index in [1.807, 2.05) is 37.4 Å². The summed E-state index contributed by atoms with van der Waals surface area (Å²) >= 11 is 0. The molecule has 0 bridgehead atoms. The Morgan fingerprint density at radius 3 is 2.84 bits per heavy atom. The molecule has 1 aromatic heterocycles. The Labute approximate surface area is 112 Å². The Hall–Kier alpha value is -1.91. The molecule has 1 aromatic carbocycles. The monoisotopic (exact) mass is 256 g/mol. The number of phenolic OH excluding ortho intramolecular Hbond substituents is 1. The summed E-state index contributed by atoms with van der Waals surface area (Å²) in [6.45, 7) is 2.67. The zero-order valence-corrected chi connectivity index (χ0v) is 10.7. The van der Waals surface area contributed by atoms with Gasteiger partial charge in [0.1, 0.15) is 12.0 Å². The average molecular weight is 256 g/mol.